The molecule has 0 radical (unpaired) electrons. The summed E-state index contributed by atoms with van der Waals surface area (Å²) in [5.74, 6) is 0. The molecule has 0 saturated carbocycles. The highest BCUT2D eigenvalue weighted by atomic mass is 35.5. The molecule has 3 heteroatoms. The number of anilines is 1. The average molecular weight is 255 g/mol. The highest BCUT2D eigenvalue weighted by Gasteiger charge is 2.15. The van der Waals surface area contributed by atoms with E-state index in [2.05, 4.69) is 44.9 Å². The molecule has 0 amide bonds. The van der Waals surface area contributed by atoms with Crippen LogP contribution in [0.5, 0.6) is 0 Å². The summed E-state index contributed by atoms with van der Waals surface area (Å²) in [5.41, 5.74) is 8.08. The summed E-state index contributed by atoms with van der Waals surface area (Å²) in [6, 6.07) is 6.20. The molecule has 0 bridgehead atoms. The molecule has 96 valence electrons. The second-order valence-corrected chi connectivity index (χ2v) is 6.15. The summed E-state index contributed by atoms with van der Waals surface area (Å²) in [5, 5.41) is 0.808. The van der Waals surface area contributed by atoms with Gasteiger partial charge in [-0.15, -0.1) is 0 Å². The predicted octanol–water partition coefficient (Wildman–Crippen LogP) is 3.32. The van der Waals surface area contributed by atoms with Gasteiger partial charge in [0.05, 0.1) is 10.7 Å². The number of benzene rings is 1. The maximum absolute atomic E-state index is 6.31. The molecule has 1 aromatic carbocycles. The lowest BCUT2D eigenvalue weighted by molar-refractivity contribution is 0.419. The molecule has 0 aliphatic rings. The van der Waals surface area contributed by atoms with E-state index >= 15 is 0 Å². The molecule has 2 N–H and O–H groups in total. The zero-order chi connectivity index (χ0) is 13.1. The smallest absolute Gasteiger partial charge is 0.0642 e. The fourth-order valence-corrected chi connectivity index (χ4v) is 2.33. The zero-order valence-electron chi connectivity index (χ0n) is 11.3. The van der Waals surface area contributed by atoms with Crippen molar-refractivity contribution in [3.05, 3.63) is 28.8 Å². The number of rotatable bonds is 4. The minimum Gasteiger partial charge on any atom is -0.373 e. The largest absolute Gasteiger partial charge is 0.373 e. The van der Waals surface area contributed by atoms with Gasteiger partial charge in [-0.3, -0.25) is 0 Å². The Balaban J connectivity index is 2.84. The molecule has 2 nitrogen and oxygen atoms in total. The highest BCUT2D eigenvalue weighted by molar-refractivity contribution is 6.33. The Morgan fingerprint density at radius 2 is 1.94 bits per heavy atom. The van der Waals surface area contributed by atoms with Gasteiger partial charge in [0.15, 0.2) is 0 Å². The van der Waals surface area contributed by atoms with Crippen LogP contribution in [0.4, 0.5) is 5.69 Å². The summed E-state index contributed by atoms with van der Waals surface area (Å²) in [6.07, 6.45) is 0.878. The maximum Gasteiger partial charge on any atom is 0.0642 e. The summed E-state index contributed by atoms with van der Waals surface area (Å²) >= 11 is 6.31. The molecule has 0 saturated heterocycles. The number of nitrogens with two attached hydrogens (primary N) is 1. The molecule has 0 aliphatic carbocycles. The molecule has 0 aromatic heterocycles. The van der Waals surface area contributed by atoms with Gasteiger partial charge in [-0.05, 0) is 36.1 Å². The van der Waals surface area contributed by atoms with Crippen LogP contribution in [-0.4, -0.2) is 20.1 Å². The van der Waals surface area contributed by atoms with Crippen molar-refractivity contribution in [1.29, 1.82) is 0 Å². The molecule has 17 heavy (non-hydrogen) atoms. The number of hydrogen-bond donors (Lipinski definition) is 1. The van der Waals surface area contributed by atoms with E-state index < -0.39 is 0 Å². The summed E-state index contributed by atoms with van der Waals surface area (Å²) < 4.78 is 0. The van der Waals surface area contributed by atoms with Gasteiger partial charge in [-0.2, -0.15) is 0 Å². The van der Waals surface area contributed by atoms with Gasteiger partial charge in [0.25, 0.3) is 0 Å². The standard InChI is InChI=1S/C14H23ClN2/c1-14(2,3)10-17(4)13-6-5-11(7-8-16)9-12(13)15/h5-6,9H,7-8,10,16H2,1-4H3. The maximum atomic E-state index is 6.31. The number of nitrogens with zero attached hydrogens (tertiary/aromatic N) is 1. The third-order valence-corrected chi connectivity index (χ3v) is 2.87. The van der Waals surface area contributed by atoms with Gasteiger partial charge < -0.3 is 10.6 Å². The molecule has 0 aliphatic heterocycles. The molecule has 0 atom stereocenters. The predicted molar refractivity (Wildman–Crippen MR) is 76.9 cm³/mol. The first-order valence-corrected chi connectivity index (χ1v) is 6.41. The summed E-state index contributed by atoms with van der Waals surface area (Å²) in [7, 11) is 2.08. The zero-order valence-corrected chi connectivity index (χ0v) is 12.0. The Hall–Kier alpha value is -0.730. The number of hydrogen-bond acceptors (Lipinski definition) is 2. The van der Waals surface area contributed by atoms with Crippen LogP contribution in [0.3, 0.4) is 0 Å². The first kappa shape index (κ1) is 14.3. The van der Waals surface area contributed by atoms with Crippen molar-refractivity contribution in [1.82, 2.24) is 0 Å². The summed E-state index contributed by atoms with van der Waals surface area (Å²) in [6.45, 7) is 8.30. The molecular formula is C14H23ClN2. The van der Waals surface area contributed by atoms with Crippen LogP contribution in [0.2, 0.25) is 5.02 Å². The Morgan fingerprint density at radius 3 is 2.41 bits per heavy atom. The molecule has 0 spiro atoms. The van der Waals surface area contributed by atoms with Crippen molar-refractivity contribution in [2.24, 2.45) is 11.1 Å². The van der Waals surface area contributed by atoms with Gasteiger partial charge >= 0.3 is 0 Å². The van der Waals surface area contributed by atoms with Crippen molar-refractivity contribution < 1.29 is 0 Å². The minimum atomic E-state index is 0.258. The third kappa shape index (κ3) is 4.57. The topological polar surface area (TPSA) is 29.3 Å². The normalized spacial score (nSPS) is 11.6. The molecule has 0 heterocycles. The van der Waals surface area contributed by atoms with Crippen molar-refractivity contribution >= 4 is 17.3 Å². The average Bonchev–Trinajstić information content (AvgIpc) is 2.15. The van der Waals surface area contributed by atoms with Crippen molar-refractivity contribution in [3.8, 4) is 0 Å². The minimum absolute atomic E-state index is 0.258. The fourth-order valence-electron chi connectivity index (χ4n) is 1.98. The first-order valence-electron chi connectivity index (χ1n) is 6.03. The Kier molecular flexibility index (Phi) is 4.84. The van der Waals surface area contributed by atoms with E-state index in [1.54, 1.807) is 0 Å². The monoisotopic (exact) mass is 254 g/mol. The van der Waals surface area contributed by atoms with Crippen LogP contribution in [0.15, 0.2) is 18.2 Å². The van der Waals surface area contributed by atoms with E-state index in [0.29, 0.717) is 6.54 Å². The van der Waals surface area contributed by atoms with Crippen molar-refractivity contribution in [2.75, 3.05) is 25.0 Å². The second-order valence-electron chi connectivity index (χ2n) is 5.74. The van der Waals surface area contributed by atoms with Crippen LogP contribution < -0.4 is 10.6 Å². The fraction of sp³-hybridized carbons (Fsp3) is 0.571. The van der Waals surface area contributed by atoms with E-state index in [1.165, 1.54) is 5.56 Å². The molecule has 1 aromatic rings. The van der Waals surface area contributed by atoms with E-state index in [0.717, 1.165) is 23.7 Å². The van der Waals surface area contributed by atoms with Crippen LogP contribution in [0.1, 0.15) is 26.3 Å². The third-order valence-electron chi connectivity index (χ3n) is 2.57. The van der Waals surface area contributed by atoms with Crippen LogP contribution in [0, 0.1) is 5.41 Å². The van der Waals surface area contributed by atoms with E-state index in [9.17, 15) is 0 Å². The van der Waals surface area contributed by atoms with E-state index in [1.807, 2.05) is 6.07 Å². The molecule has 0 fully saturated rings. The Labute approximate surface area is 110 Å². The van der Waals surface area contributed by atoms with E-state index in [-0.39, 0.29) is 5.41 Å². The van der Waals surface area contributed by atoms with Gasteiger partial charge in [-0.25, -0.2) is 0 Å². The van der Waals surface area contributed by atoms with Gasteiger partial charge in [0, 0.05) is 13.6 Å². The van der Waals surface area contributed by atoms with Crippen LogP contribution in [-0.2, 0) is 6.42 Å². The second kappa shape index (κ2) is 5.74. The SMILES string of the molecule is CN(CC(C)(C)C)c1ccc(CCN)cc1Cl. The van der Waals surface area contributed by atoms with Crippen molar-refractivity contribution in [3.63, 3.8) is 0 Å². The van der Waals surface area contributed by atoms with Crippen LogP contribution in [0.25, 0.3) is 0 Å². The Bertz CT molecular complexity index is 369. The highest BCUT2D eigenvalue weighted by Crippen LogP contribution is 2.28. The molecule has 1 rings (SSSR count). The van der Waals surface area contributed by atoms with Crippen molar-refractivity contribution in [2.45, 2.75) is 27.2 Å². The molecular weight excluding hydrogens is 232 g/mol. The lowest BCUT2D eigenvalue weighted by Crippen LogP contribution is -2.29. The van der Waals surface area contributed by atoms with E-state index in [4.69, 9.17) is 17.3 Å². The quantitative estimate of drug-likeness (QED) is 0.893. The van der Waals surface area contributed by atoms with Gasteiger partial charge in [0.1, 0.15) is 0 Å². The lowest BCUT2D eigenvalue weighted by atomic mass is 9.96. The Morgan fingerprint density at radius 1 is 1.29 bits per heavy atom. The van der Waals surface area contributed by atoms with Crippen LogP contribution >= 0.6 is 11.6 Å². The van der Waals surface area contributed by atoms with Gasteiger partial charge in [-0.1, -0.05) is 38.4 Å². The number of halogens is 1. The first-order chi connectivity index (χ1) is 7.83. The molecule has 0 unspecified atom stereocenters. The summed E-state index contributed by atoms with van der Waals surface area (Å²) in [4.78, 5) is 2.20. The lowest BCUT2D eigenvalue weighted by Gasteiger charge is -2.29. The van der Waals surface area contributed by atoms with Gasteiger partial charge in [0.2, 0.25) is 0 Å².